The highest BCUT2D eigenvalue weighted by atomic mass is 35.5. The number of aromatic nitrogens is 3. The lowest BCUT2D eigenvalue weighted by Gasteiger charge is -2.15. The summed E-state index contributed by atoms with van der Waals surface area (Å²) in [4.78, 5) is 15.7. The first kappa shape index (κ1) is 13.6. The number of hydrogen-bond donors (Lipinski definition) is 3. The number of carbonyl (C=O) groups excluding carboxylic acids is 1. The van der Waals surface area contributed by atoms with Crippen LogP contribution >= 0.6 is 23.2 Å². The summed E-state index contributed by atoms with van der Waals surface area (Å²) in [5.41, 5.74) is 0.631. The fraction of sp³-hybridized carbons (Fsp3) is 0.182. The largest absolute Gasteiger partial charge is 0.373 e. The summed E-state index contributed by atoms with van der Waals surface area (Å²) in [5, 5.41) is 12.7. The molecule has 0 aliphatic rings. The quantitative estimate of drug-likeness (QED) is 0.810. The summed E-state index contributed by atoms with van der Waals surface area (Å²) >= 11 is 11.8. The third kappa shape index (κ3) is 3.59. The van der Waals surface area contributed by atoms with Crippen LogP contribution in [0.4, 0.5) is 11.6 Å². The number of nitrogens with zero attached hydrogens (tertiary/aromatic N) is 2. The average molecular weight is 300 g/mol. The van der Waals surface area contributed by atoms with Crippen LogP contribution in [0, 0.1) is 0 Å². The number of amides is 1. The molecule has 1 heterocycles. The molecule has 1 aromatic heterocycles. The Morgan fingerprint density at radius 3 is 2.84 bits per heavy atom. The van der Waals surface area contributed by atoms with Gasteiger partial charge in [-0.1, -0.05) is 23.2 Å². The number of benzene rings is 1. The van der Waals surface area contributed by atoms with Crippen LogP contribution in [0.25, 0.3) is 0 Å². The molecule has 0 fully saturated rings. The molecule has 2 aromatic rings. The Balaban J connectivity index is 2.00. The highest BCUT2D eigenvalue weighted by Crippen LogP contribution is 2.25. The van der Waals surface area contributed by atoms with Gasteiger partial charge < -0.3 is 5.32 Å². The predicted molar refractivity (Wildman–Crippen MR) is 74.6 cm³/mol. The van der Waals surface area contributed by atoms with Crippen LogP contribution in [0.15, 0.2) is 24.5 Å². The Morgan fingerprint density at radius 2 is 2.21 bits per heavy atom. The summed E-state index contributed by atoms with van der Waals surface area (Å²) in [6.45, 7) is 1.70. The first-order chi connectivity index (χ1) is 9.06. The summed E-state index contributed by atoms with van der Waals surface area (Å²) in [6, 6.07) is 4.51. The zero-order chi connectivity index (χ0) is 13.8. The zero-order valence-corrected chi connectivity index (χ0v) is 11.5. The van der Waals surface area contributed by atoms with Crippen molar-refractivity contribution in [3.05, 3.63) is 34.6 Å². The molecule has 0 saturated heterocycles. The lowest BCUT2D eigenvalue weighted by molar-refractivity contribution is -0.116. The van der Waals surface area contributed by atoms with Gasteiger partial charge in [0.2, 0.25) is 11.9 Å². The molecule has 0 saturated carbocycles. The Kier molecular flexibility index (Phi) is 4.24. The summed E-state index contributed by atoms with van der Waals surface area (Å²) in [5.74, 6) is 0.0311. The predicted octanol–water partition coefficient (Wildman–Crippen LogP) is 2.55. The topological polar surface area (TPSA) is 82.7 Å². The van der Waals surface area contributed by atoms with Crippen LogP contribution in [-0.2, 0) is 4.79 Å². The summed E-state index contributed by atoms with van der Waals surface area (Å²) in [6.07, 6.45) is 1.31. The number of hydrogen-bond acceptors (Lipinski definition) is 4. The summed E-state index contributed by atoms with van der Waals surface area (Å²) in [7, 11) is 0. The van der Waals surface area contributed by atoms with E-state index in [4.69, 9.17) is 23.2 Å². The highest BCUT2D eigenvalue weighted by Gasteiger charge is 2.15. The van der Waals surface area contributed by atoms with Gasteiger partial charge in [-0.05, 0) is 25.1 Å². The van der Waals surface area contributed by atoms with E-state index in [1.54, 1.807) is 25.1 Å². The first-order valence-electron chi connectivity index (χ1n) is 5.44. The van der Waals surface area contributed by atoms with E-state index < -0.39 is 6.04 Å². The molecule has 2 rings (SSSR count). The third-order valence-corrected chi connectivity index (χ3v) is 2.90. The standard InChI is InChI=1S/C11H11Cl2N5O/c1-6(10(19)17-11-14-5-15-18-11)16-9-3-2-7(12)4-8(9)13/h2-6,16H,1H3,(H2,14,15,17,18,19). The maximum Gasteiger partial charge on any atom is 0.248 e. The van der Waals surface area contributed by atoms with Crippen molar-refractivity contribution < 1.29 is 4.79 Å². The van der Waals surface area contributed by atoms with E-state index >= 15 is 0 Å². The van der Waals surface area contributed by atoms with Gasteiger partial charge in [0.05, 0.1) is 10.7 Å². The molecule has 0 bridgehead atoms. The van der Waals surface area contributed by atoms with Crippen LogP contribution in [0.1, 0.15) is 6.92 Å². The van der Waals surface area contributed by atoms with Crippen LogP contribution in [0.3, 0.4) is 0 Å². The van der Waals surface area contributed by atoms with Gasteiger partial charge in [0, 0.05) is 5.02 Å². The first-order valence-corrected chi connectivity index (χ1v) is 6.19. The van der Waals surface area contributed by atoms with Gasteiger partial charge in [0.1, 0.15) is 12.4 Å². The van der Waals surface area contributed by atoms with Crippen molar-refractivity contribution in [3.8, 4) is 0 Å². The van der Waals surface area contributed by atoms with Crippen molar-refractivity contribution in [2.24, 2.45) is 0 Å². The van der Waals surface area contributed by atoms with Crippen LogP contribution in [0.2, 0.25) is 10.0 Å². The Labute approximate surface area is 119 Å². The molecule has 0 aliphatic carbocycles. The van der Waals surface area contributed by atoms with Crippen molar-refractivity contribution >= 4 is 40.7 Å². The van der Waals surface area contributed by atoms with Crippen molar-refractivity contribution in [1.29, 1.82) is 0 Å². The van der Waals surface area contributed by atoms with Gasteiger partial charge >= 0.3 is 0 Å². The second kappa shape index (κ2) is 5.90. The van der Waals surface area contributed by atoms with E-state index in [9.17, 15) is 4.79 Å². The molecule has 0 aliphatic heterocycles. The number of anilines is 2. The molecule has 0 radical (unpaired) electrons. The van der Waals surface area contributed by atoms with Gasteiger partial charge in [-0.3, -0.25) is 10.1 Å². The van der Waals surface area contributed by atoms with Crippen molar-refractivity contribution in [2.75, 3.05) is 10.6 Å². The van der Waals surface area contributed by atoms with E-state index in [1.807, 2.05) is 0 Å². The average Bonchev–Trinajstić information content (AvgIpc) is 2.85. The number of H-pyrrole nitrogens is 1. The van der Waals surface area contributed by atoms with E-state index in [-0.39, 0.29) is 5.91 Å². The maximum atomic E-state index is 11.9. The number of nitrogens with one attached hydrogen (secondary N) is 3. The second-order valence-corrected chi connectivity index (χ2v) is 4.66. The maximum absolute atomic E-state index is 11.9. The van der Waals surface area contributed by atoms with Gasteiger partial charge in [-0.2, -0.15) is 10.1 Å². The number of halogens is 2. The number of rotatable bonds is 4. The fourth-order valence-electron chi connectivity index (χ4n) is 1.40. The molecule has 1 unspecified atom stereocenters. The van der Waals surface area contributed by atoms with E-state index in [1.165, 1.54) is 6.33 Å². The molecule has 1 aromatic carbocycles. The molecular formula is C11H11Cl2N5O. The smallest absolute Gasteiger partial charge is 0.248 e. The van der Waals surface area contributed by atoms with Crippen molar-refractivity contribution in [2.45, 2.75) is 13.0 Å². The van der Waals surface area contributed by atoms with Crippen LogP contribution in [-0.4, -0.2) is 27.1 Å². The molecule has 100 valence electrons. The Morgan fingerprint density at radius 1 is 1.42 bits per heavy atom. The molecule has 3 N–H and O–H groups in total. The number of aromatic amines is 1. The van der Waals surface area contributed by atoms with Gasteiger partial charge in [-0.15, -0.1) is 0 Å². The molecule has 19 heavy (non-hydrogen) atoms. The molecular weight excluding hydrogens is 289 g/mol. The summed E-state index contributed by atoms with van der Waals surface area (Å²) < 4.78 is 0. The van der Waals surface area contributed by atoms with Crippen molar-refractivity contribution in [3.63, 3.8) is 0 Å². The monoisotopic (exact) mass is 299 g/mol. The second-order valence-electron chi connectivity index (χ2n) is 3.81. The molecule has 6 nitrogen and oxygen atoms in total. The SMILES string of the molecule is CC(Nc1ccc(Cl)cc1Cl)C(=O)Nc1ncn[nH]1. The normalized spacial score (nSPS) is 11.9. The highest BCUT2D eigenvalue weighted by molar-refractivity contribution is 6.36. The van der Waals surface area contributed by atoms with Gasteiger partial charge in [-0.25, -0.2) is 5.10 Å². The fourth-order valence-corrected chi connectivity index (χ4v) is 1.86. The minimum absolute atomic E-state index is 0.261. The van der Waals surface area contributed by atoms with E-state index in [0.717, 1.165) is 0 Å². The Bertz CT molecular complexity index is 572. The Hall–Kier alpha value is -1.79. The lowest BCUT2D eigenvalue weighted by atomic mass is 10.2. The van der Waals surface area contributed by atoms with Gasteiger partial charge in [0.15, 0.2) is 0 Å². The number of carbonyl (C=O) groups is 1. The molecule has 1 amide bonds. The van der Waals surface area contributed by atoms with E-state index in [2.05, 4.69) is 25.8 Å². The molecule has 8 heteroatoms. The third-order valence-electron chi connectivity index (χ3n) is 2.35. The van der Waals surface area contributed by atoms with Crippen LogP contribution in [0.5, 0.6) is 0 Å². The van der Waals surface area contributed by atoms with Crippen molar-refractivity contribution in [1.82, 2.24) is 15.2 Å². The van der Waals surface area contributed by atoms with Gasteiger partial charge in [0.25, 0.3) is 0 Å². The minimum atomic E-state index is -0.497. The van der Waals surface area contributed by atoms with Crippen LogP contribution < -0.4 is 10.6 Å². The molecule has 1 atom stereocenters. The zero-order valence-electron chi connectivity index (χ0n) is 9.95. The molecule has 0 spiro atoms. The minimum Gasteiger partial charge on any atom is -0.373 e. The van der Waals surface area contributed by atoms with E-state index in [0.29, 0.717) is 21.7 Å². The lowest BCUT2D eigenvalue weighted by Crippen LogP contribution is -2.32.